The molecule has 0 amide bonds. The summed E-state index contributed by atoms with van der Waals surface area (Å²) in [6.07, 6.45) is 91.0. The third kappa shape index (κ3) is 67.9. The van der Waals surface area contributed by atoms with E-state index in [0.717, 1.165) is 77.0 Å². The van der Waals surface area contributed by atoms with Crippen LogP contribution in [0.5, 0.6) is 0 Å². The monoisotopic (exact) mass is 1150 g/mol. The molecule has 0 N–H and O–H groups in total. The van der Waals surface area contributed by atoms with E-state index in [-0.39, 0.29) is 31.1 Å². The number of rotatable bonds is 67. The van der Waals surface area contributed by atoms with Gasteiger partial charge in [0.15, 0.2) is 6.10 Å². The van der Waals surface area contributed by atoms with Crippen molar-refractivity contribution in [2.45, 2.75) is 393 Å². The molecular formula is C76H138O6. The van der Waals surface area contributed by atoms with Gasteiger partial charge in [0.05, 0.1) is 0 Å². The molecule has 0 aliphatic carbocycles. The molecule has 0 aliphatic rings. The number of carbonyl (C=O) groups is 3. The van der Waals surface area contributed by atoms with Gasteiger partial charge in [0.1, 0.15) is 13.2 Å². The smallest absolute Gasteiger partial charge is 0.306 e. The van der Waals surface area contributed by atoms with Gasteiger partial charge < -0.3 is 14.2 Å². The van der Waals surface area contributed by atoms with Crippen molar-refractivity contribution in [1.82, 2.24) is 0 Å². The van der Waals surface area contributed by atoms with Crippen LogP contribution in [-0.2, 0) is 28.6 Å². The van der Waals surface area contributed by atoms with E-state index in [1.165, 1.54) is 270 Å². The van der Waals surface area contributed by atoms with E-state index in [2.05, 4.69) is 81.5 Å². The standard InChI is InChI=1S/C76H138O6/c1-4-7-10-13-16-19-22-25-28-31-33-34-35-36-37-38-39-40-41-42-44-45-48-51-54-57-60-63-66-69-75(78)81-72-73(71-80-74(77)68-65-62-59-56-53-50-47-30-27-24-21-18-15-12-9-6-3)82-76(79)70-67-64-61-58-55-52-49-46-43-32-29-26-23-20-17-14-11-8-5-2/h22,25-26,29-31,33,35-36,47,73H,4-21,23-24,27-28,32,34,37-46,48-72H2,1-3H3/b25-22-,29-26-,33-31-,36-35-,47-30-. The first-order chi connectivity index (χ1) is 40.5. The van der Waals surface area contributed by atoms with E-state index >= 15 is 0 Å². The topological polar surface area (TPSA) is 78.9 Å². The van der Waals surface area contributed by atoms with Crippen molar-refractivity contribution in [3.05, 3.63) is 60.8 Å². The molecule has 478 valence electrons. The van der Waals surface area contributed by atoms with Crippen molar-refractivity contribution in [1.29, 1.82) is 0 Å². The zero-order valence-electron chi connectivity index (χ0n) is 55.0. The highest BCUT2D eigenvalue weighted by Gasteiger charge is 2.19. The molecule has 0 aromatic rings. The van der Waals surface area contributed by atoms with Crippen molar-refractivity contribution in [3.8, 4) is 0 Å². The second kappa shape index (κ2) is 70.6. The van der Waals surface area contributed by atoms with Crippen LogP contribution in [0.1, 0.15) is 387 Å². The van der Waals surface area contributed by atoms with Gasteiger partial charge >= 0.3 is 17.9 Å². The van der Waals surface area contributed by atoms with Crippen molar-refractivity contribution in [2.75, 3.05) is 13.2 Å². The van der Waals surface area contributed by atoms with Gasteiger partial charge in [-0.2, -0.15) is 0 Å². The van der Waals surface area contributed by atoms with Crippen molar-refractivity contribution >= 4 is 17.9 Å². The molecule has 0 aromatic heterocycles. The molecule has 0 saturated carbocycles. The predicted octanol–water partition coefficient (Wildman–Crippen LogP) is 25.1. The van der Waals surface area contributed by atoms with Crippen LogP contribution < -0.4 is 0 Å². The molecule has 0 radical (unpaired) electrons. The molecule has 0 heterocycles. The highest BCUT2D eigenvalue weighted by molar-refractivity contribution is 5.71. The number of esters is 3. The maximum absolute atomic E-state index is 13.0. The number of unbranched alkanes of at least 4 members (excludes halogenated alkanes) is 46. The first-order valence-corrected chi connectivity index (χ1v) is 36.3. The summed E-state index contributed by atoms with van der Waals surface area (Å²) in [6, 6.07) is 0. The van der Waals surface area contributed by atoms with Crippen LogP contribution in [0.3, 0.4) is 0 Å². The fraction of sp³-hybridized carbons (Fsp3) is 0.829. The van der Waals surface area contributed by atoms with Crippen molar-refractivity contribution in [2.24, 2.45) is 0 Å². The Balaban J connectivity index is 4.27. The average Bonchev–Trinajstić information content (AvgIpc) is 3.47. The Morgan fingerprint density at radius 2 is 0.439 bits per heavy atom. The third-order valence-electron chi connectivity index (χ3n) is 16.2. The third-order valence-corrected chi connectivity index (χ3v) is 16.2. The molecule has 1 unspecified atom stereocenters. The lowest BCUT2D eigenvalue weighted by Crippen LogP contribution is -2.30. The summed E-state index contributed by atoms with van der Waals surface area (Å²) in [6.45, 7) is 6.67. The second-order valence-electron chi connectivity index (χ2n) is 24.5. The van der Waals surface area contributed by atoms with Crippen LogP contribution in [-0.4, -0.2) is 37.2 Å². The Morgan fingerprint density at radius 1 is 0.244 bits per heavy atom. The minimum absolute atomic E-state index is 0.0747. The number of hydrogen-bond donors (Lipinski definition) is 0. The summed E-state index contributed by atoms with van der Waals surface area (Å²) in [4.78, 5) is 38.5. The summed E-state index contributed by atoms with van der Waals surface area (Å²) >= 11 is 0. The predicted molar refractivity (Wildman–Crippen MR) is 358 cm³/mol. The normalized spacial score (nSPS) is 12.4. The highest BCUT2D eigenvalue weighted by Crippen LogP contribution is 2.18. The van der Waals surface area contributed by atoms with Gasteiger partial charge in [-0.15, -0.1) is 0 Å². The Morgan fingerprint density at radius 3 is 0.695 bits per heavy atom. The largest absolute Gasteiger partial charge is 0.462 e. The summed E-state index contributed by atoms with van der Waals surface area (Å²) in [5, 5.41) is 0. The number of hydrogen-bond acceptors (Lipinski definition) is 6. The quantitative estimate of drug-likeness (QED) is 0.0261. The Bertz CT molecular complexity index is 1460. The fourth-order valence-electron chi connectivity index (χ4n) is 10.7. The van der Waals surface area contributed by atoms with Crippen LogP contribution in [0.25, 0.3) is 0 Å². The van der Waals surface area contributed by atoms with E-state index < -0.39 is 6.10 Å². The number of carbonyl (C=O) groups excluding carboxylic acids is 3. The van der Waals surface area contributed by atoms with Crippen LogP contribution in [0.15, 0.2) is 60.8 Å². The number of allylic oxidation sites excluding steroid dienone is 10. The highest BCUT2D eigenvalue weighted by atomic mass is 16.6. The summed E-state index contributed by atoms with van der Waals surface area (Å²) in [5.74, 6) is -0.862. The van der Waals surface area contributed by atoms with E-state index in [0.29, 0.717) is 19.3 Å². The molecule has 0 bridgehead atoms. The molecule has 0 rings (SSSR count). The first kappa shape index (κ1) is 79.1. The van der Waals surface area contributed by atoms with E-state index in [9.17, 15) is 14.4 Å². The average molecular weight is 1150 g/mol. The van der Waals surface area contributed by atoms with Crippen LogP contribution in [0, 0.1) is 0 Å². The van der Waals surface area contributed by atoms with E-state index in [4.69, 9.17) is 14.2 Å². The van der Waals surface area contributed by atoms with Crippen LogP contribution >= 0.6 is 0 Å². The molecule has 0 aromatic carbocycles. The minimum Gasteiger partial charge on any atom is -0.462 e. The van der Waals surface area contributed by atoms with Gasteiger partial charge in [0, 0.05) is 19.3 Å². The fourth-order valence-corrected chi connectivity index (χ4v) is 10.7. The Kier molecular flexibility index (Phi) is 68.1. The Hall–Kier alpha value is -2.89. The van der Waals surface area contributed by atoms with E-state index in [1.807, 2.05) is 0 Å². The van der Waals surface area contributed by atoms with E-state index in [1.54, 1.807) is 0 Å². The molecule has 82 heavy (non-hydrogen) atoms. The molecule has 6 heteroatoms. The zero-order valence-corrected chi connectivity index (χ0v) is 55.0. The van der Waals surface area contributed by atoms with Gasteiger partial charge in [-0.3, -0.25) is 14.4 Å². The first-order valence-electron chi connectivity index (χ1n) is 36.3. The van der Waals surface area contributed by atoms with Gasteiger partial charge in [0.25, 0.3) is 0 Å². The molecule has 0 aliphatic heterocycles. The van der Waals surface area contributed by atoms with Gasteiger partial charge in [-0.25, -0.2) is 0 Å². The summed E-state index contributed by atoms with van der Waals surface area (Å²) in [7, 11) is 0. The van der Waals surface area contributed by atoms with Crippen molar-refractivity contribution in [3.63, 3.8) is 0 Å². The van der Waals surface area contributed by atoms with Crippen LogP contribution in [0.4, 0.5) is 0 Å². The molecule has 0 saturated heterocycles. The lowest BCUT2D eigenvalue weighted by molar-refractivity contribution is -0.167. The summed E-state index contributed by atoms with van der Waals surface area (Å²) < 4.78 is 17.0. The number of ether oxygens (including phenoxy) is 3. The van der Waals surface area contributed by atoms with Gasteiger partial charge in [0.2, 0.25) is 0 Å². The zero-order chi connectivity index (χ0) is 59.2. The lowest BCUT2D eigenvalue weighted by atomic mass is 10.0. The van der Waals surface area contributed by atoms with Crippen molar-refractivity contribution < 1.29 is 28.6 Å². The van der Waals surface area contributed by atoms with Gasteiger partial charge in [-0.05, 0) is 109 Å². The molecule has 1 atom stereocenters. The second-order valence-corrected chi connectivity index (χ2v) is 24.5. The molecule has 0 spiro atoms. The molecule has 6 nitrogen and oxygen atoms in total. The lowest BCUT2D eigenvalue weighted by Gasteiger charge is -2.18. The van der Waals surface area contributed by atoms with Crippen LogP contribution in [0.2, 0.25) is 0 Å². The molecule has 0 fully saturated rings. The minimum atomic E-state index is -0.780. The van der Waals surface area contributed by atoms with Gasteiger partial charge in [-0.1, -0.05) is 319 Å². The summed E-state index contributed by atoms with van der Waals surface area (Å²) in [5.41, 5.74) is 0. The molecular weight excluding hydrogens is 1010 g/mol. The SMILES string of the molecule is CCCCCCC/C=C\C/C=C\C/C=C\CCCCCCCCCCCCCCCCC(=O)OCC(COC(=O)CCCCCCC/C=C\CCCCCCCCC)OC(=O)CCCCCCCCCCC/C=C\CCCCCCCC. The maximum Gasteiger partial charge on any atom is 0.306 e. The maximum atomic E-state index is 13.0. The Labute approximate surface area is 510 Å².